The molecule has 3 N–H and O–H groups in total. The molecule has 0 aliphatic carbocycles. The summed E-state index contributed by atoms with van der Waals surface area (Å²) >= 11 is 5.20. The van der Waals surface area contributed by atoms with Crippen LogP contribution in [-0.4, -0.2) is 49.2 Å². The predicted molar refractivity (Wildman–Crippen MR) is 101 cm³/mol. The molecule has 0 fully saturated rings. The number of carbonyl (C=O) groups is 2. The van der Waals surface area contributed by atoms with E-state index >= 15 is 0 Å². The molecule has 0 unspecified atom stereocenters. The van der Waals surface area contributed by atoms with E-state index in [0.29, 0.717) is 18.3 Å². The van der Waals surface area contributed by atoms with Crippen molar-refractivity contribution in [2.45, 2.75) is 13.3 Å². The number of nitrogens with one attached hydrogen (secondary N) is 3. The van der Waals surface area contributed by atoms with Gasteiger partial charge in [-0.25, -0.2) is 0 Å². The summed E-state index contributed by atoms with van der Waals surface area (Å²) in [6.07, 6.45) is 2.39. The Bertz CT molecular complexity index is 620. The number of thiocarbonyl (C=S) groups is 1. The molecule has 1 rings (SSSR count). The molecule has 0 aliphatic rings. The molecule has 0 saturated carbocycles. The number of amides is 2. The number of benzene rings is 1. The van der Waals surface area contributed by atoms with Gasteiger partial charge in [-0.15, -0.1) is 0 Å². The minimum atomic E-state index is -0.470. The molecular weight excluding hydrogens is 340 g/mol. The van der Waals surface area contributed by atoms with Gasteiger partial charge in [-0.3, -0.25) is 20.0 Å². The van der Waals surface area contributed by atoms with E-state index in [1.54, 1.807) is 20.2 Å². The second kappa shape index (κ2) is 11.2. The van der Waals surface area contributed by atoms with E-state index in [4.69, 9.17) is 17.0 Å². The Kier molecular flexibility index (Phi) is 9.20. The monoisotopic (exact) mass is 364 g/mol. The molecule has 136 valence electrons. The largest absolute Gasteiger partial charge is 0.385 e. The topological polar surface area (TPSA) is 82.7 Å². The van der Waals surface area contributed by atoms with Crippen LogP contribution in [0.2, 0.25) is 0 Å². The first-order valence-electron chi connectivity index (χ1n) is 7.80. The first-order chi connectivity index (χ1) is 11.9. The Morgan fingerprint density at radius 2 is 1.96 bits per heavy atom. The van der Waals surface area contributed by atoms with E-state index in [1.807, 2.05) is 30.3 Å². The predicted octanol–water partition coefficient (Wildman–Crippen LogP) is 1.04. The summed E-state index contributed by atoms with van der Waals surface area (Å²) in [4.78, 5) is 23.8. The van der Waals surface area contributed by atoms with Gasteiger partial charge in [-0.05, 0) is 30.3 Å². The van der Waals surface area contributed by atoms with Crippen molar-refractivity contribution in [3.63, 3.8) is 0 Å². The molecule has 25 heavy (non-hydrogen) atoms. The maximum absolute atomic E-state index is 12.4. The van der Waals surface area contributed by atoms with Crippen molar-refractivity contribution in [2.24, 2.45) is 0 Å². The van der Waals surface area contributed by atoms with Crippen LogP contribution in [0.4, 0.5) is 0 Å². The van der Waals surface area contributed by atoms with Gasteiger partial charge in [0.1, 0.15) is 5.70 Å². The minimum Gasteiger partial charge on any atom is -0.385 e. The highest BCUT2D eigenvalue weighted by molar-refractivity contribution is 7.80. The third kappa shape index (κ3) is 8.27. The Balaban J connectivity index is 2.70. The molecule has 1 aromatic carbocycles. The lowest BCUT2D eigenvalue weighted by Gasteiger charge is -2.22. The van der Waals surface area contributed by atoms with Crippen molar-refractivity contribution in [3.05, 3.63) is 41.6 Å². The lowest BCUT2D eigenvalue weighted by Crippen LogP contribution is -2.50. The number of nitrogens with zero attached hydrogens (tertiary/aromatic N) is 1. The summed E-state index contributed by atoms with van der Waals surface area (Å²) in [5.41, 5.74) is 3.55. The smallest absolute Gasteiger partial charge is 0.286 e. The number of rotatable bonds is 7. The summed E-state index contributed by atoms with van der Waals surface area (Å²) in [7, 11) is 3.25. The maximum Gasteiger partial charge on any atom is 0.286 e. The second-order valence-electron chi connectivity index (χ2n) is 5.23. The van der Waals surface area contributed by atoms with Gasteiger partial charge < -0.3 is 15.4 Å². The fourth-order valence-corrected chi connectivity index (χ4v) is 2.01. The molecule has 0 aromatic heterocycles. The van der Waals surface area contributed by atoms with E-state index in [9.17, 15) is 9.59 Å². The molecule has 0 atom stereocenters. The average molecular weight is 364 g/mol. The Morgan fingerprint density at radius 1 is 1.28 bits per heavy atom. The molecule has 0 spiro atoms. The number of hydrogen-bond donors (Lipinski definition) is 3. The number of methoxy groups -OCH3 is 1. The van der Waals surface area contributed by atoms with Gasteiger partial charge in [-0.1, -0.05) is 30.3 Å². The van der Waals surface area contributed by atoms with Gasteiger partial charge in [0.05, 0.1) is 0 Å². The molecule has 2 amide bonds. The van der Waals surface area contributed by atoms with Crippen LogP contribution in [-0.2, 0) is 14.3 Å². The summed E-state index contributed by atoms with van der Waals surface area (Å²) in [6.45, 7) is 2.60. The zero-order valence-corrected chi connectivity index (χ0v) is 15.5. The van der Waals surface area contributed by atoms with Gasteiger partial charge in [0.2, 0.25) is 5.91 Å². The molecule has 8 heteroatoms. The Hall–Kier alpha value is -2.45. The van der Waals surface area contributed by atoms with E-state index in [-0.39, 0.29) is 11.6 Å². The molecule has 0 bridgehead atoms. The number of ether oxygens (including phenoxy) is 1. The number of carbonyl (C=O) groups excluding carboxylic acids is 2. The van der Waals surface area contributed by atoms with Crippen molar-refractivity contribution in [1.29, 1.82) is 0 Å². The third-order valence-electron chi connectivity index (χ3n) is 3.04. The Morgan fingerprint density at radius 3 is 2.56 bits per heavy atom. The van der Waals surface area contributed by atoms with E-state index in [1.165, 1.54) is 11.9 Å². The maximum atomic E-state index is 12.4. The van der Waals surface area contributed by atoms with E-state index in [0.717, 1.165) is 12.0 Å². The van der Waals surface area contributed by atoms with Crippen molar-refractivity contribution in [3.8, 4) is 0 Å². The van der Waals surface area contributed by atoms with Crippen LogP contribution in [0.1, 0.15) is 18.9 Å². The van der Waals surface area contributed by atoms with Crippen LogP contribution in [0.5, 0.6) is 0 Å². The number of hydrazine groups is 1. The van der Waals surface area contributed by atoms with Gasteiger partial charge in [0.15, 0.2) is 5.11 Å². The average Bonchev–Trinajstić information content (AvgIpc) is 2.58. The normalized spacial score (nSPS) is 10.8. The van der Waals surface area contributed by atoms with Crippen LogP contribution >= 0.6 is 12.2 Å². The highest BCUT2D eigenvalue weighted by Crippen LogP contribution is 2.05. The third-order valence-corrected chi connectivity index (χ3v) is 3.46. The van der Waals surface area contributed by atoms with Crippen molar-refractivity contribution < 1.29 is 14.3 Å². The molecule has 0 radical (unpaired) electrons. The lowest BCUT2D eigenvalue weighted by atomic mass is 10.2. The van der Waals surface area contributed by atoms with Crippen molar-refractivity contribution in [1.82, 2.24) is 21.1 Å². The molecule has 0 saturated heterocycles. The summed E-state index contributed by atoms with van der Waals surface area (Å²) in [6, 6.07) is 9.24. The molecule has 0 heterocycles. The second-order valence-corrected chi connectivity index (χ2v) is 5.61. The lowest BCUT2D eigenvalue weighted by molar-refractivity contribution is -0.124. The highest BCUT2D eigenvalue weighted by Gasteiger charge is 2.14. The molecule has 1 aromatic rings. The van der Waals surface area contributed by atoms with Crippen LogP contribution < -0.4 is 16.1 Å². The first-order valence-corrected chi connectivity index (χ1v) is 8.20. The number of hydrogen-bond acceptors (Lipinski definition) is 4. The first kappa shape index (κ1) is 20.6. The van der Waals surface area contributed by atoms with Crippen LogP contribution in [0.25, 0.3) is 6.08 Å². The van der Waals surface area contributed by atoms with Crippen LogP contribution in [0.15, 0.2) is 36.0 Å². The van der Waals surface area contributed by atoms with Crippen molar-refractivity contribution >= 4 is 35.2 Å². The minimum absolute atomic E-state index is 0.132. The van der Waals surface area contributed by atoms with Crippen molar-refractivity contribution in [2.75, 3.05) is 27.3 Å². The van der Waals surface area contributed by atoms with Gasteiger partial charge in [-0.2, -0.15) is 0 Å². The standard InChI is InChI=1S/C17H24N4O3S/c1-13(22)19-15(12-14-8-5-4-6-9-14)16(23)20-21(2)17(25)18-10-7-11-24-3/h4-6,8-9,12H,7,10-11H2,1-3H3,(H,18,25)(H,19,22)(H,20,23)/b15-12-. The molecule has 7 nitrogen and oxygen atoms in total. The quantitative estimate of drug-likeness (QED) is 0.290. The van der Waals surface area contributed by atoms with Gasteiger partial charge >= 0.3 is 0 Å². The van der Waals surface area contributed by atoms with E-state index in [2.05, 4.69) is 16.1 Å². The zero-order valence-electron chi connectivity index (χ0n) is 14.7. The SMILES string of the molecule is COCCCNC(=S)N(C)NC(=O)/C(=C/c1ccccc1)NC(C)=O. The fraction of sp³-hybridized carbons (Fsp3) is 0.353. The Labute approximate surface area is 153 Å². The summed E-state index contributed by atoms with van der Waals surface area (Å²) < 4.78 is 4.96. The van der Waals surface area contributed by atoms with Crippen LogP contribution in [0.3, 0.4) is 0 Å². The summed E-state index contributed by atoms with van der Waals surface area (Å²) in [5, 5.41) is 7.30. The van der Waals surface area contributed by atoms with Crippen LogP contribution in [0, 0.1) is 0 Å². The molecule has 0 aliphatic heterocycles. The van der Waals surface area contributed by atoms with E-state index < -0.39 is 5.91 Å². The van der Waals surface area contributed by atoms with Gasteiger partial charge in [0.25, 0.3) is 5.91 Å². The van der Waals surface area contributed by atoms with Gasteiger partial charge in [0, 0.05) is 34.2 Å². The molecular formula is C17H24N4O3S. The summed E-state index contributed by atoms with van der Waals surface area (Å²) in [5.74, 6) is -0.803. The zero-order chi connectivity index (χ0) is 18.7. The highest BCUT2D eigenvalue weighted by atomic mass is 32.1. The fourth-order valence-electron chi connectivity index (χ4n) is 1.86.